The second-order valence-electron chi connectivity index (χ2n) is 4.92. The van der Waals surface area contributed by atoms with E-state index in [1.54, 1.807) is 7.11 Å². The van der Waals surface area contributed by atoms with Gasteiger partial charge in [0, 0.05) is 32.4 Å². The predicted octanol–water partition coefficient (Wildman–Crippen LogP) is 1.98. The maximum Gasteiger partial charge on any atom is 0.203 e. The van der Waals surface area contributed by atoms with Gasteiger partial charge >= 0.3 is 0 Å². The van der Waals surface area contributed by atoms with Gasteiger partial charge in [0.15, 0.2) is 0 Å². The molecule has 0 aliphatic carbocycles. The summed E-state index contributed by atoms with van der Waals surface area (Å²) in [4.78, 5) is 6.95. The molecule has 19 heavy (non-hydrogen) atoms. The number of methoxy groups -OCH3 is 1. The second kappa shape index (κ2) is 8.17. The van der Waals surface area contributed by atoms with E-state index in [4.69, 9.17) is 4.74 Å². The molecule has 1 rings (SSSR count). The number of imidazole rings is 1. The van der Waals surface area contributed by atoms with Gasteiger partial charge in [-0.3, -0.25) is 0 Å². The molecular weight excluding hydrogens is 240 g/mol. The zero-order valence-corrected chi connectivity index (χ0v) is 12.9. The van der Waals surface area contributed by atoms with Crippen LogP contribution in [0.2, 0.25) is 0 Å². The molecule has 1 heterocycles. The number of aromatic nitrogens is 2. The molecule has 1 atom stereocenters. The van der Waals surface area contributed by atoms with Gasteiger partial charge in [0.25, 0.3) is 0 Å². The Bertz CT molecular complexity index is 360. The SMILES string of the molecule is CCN(CC)CC(C)Nc1nc(C)cn1CCOC. The molecule has 5 heteroatoms. The highest BCUT2D eigenvalue weighted by atomic mass is 16.5. The summed E-state index contributed by atoms with van der Waals surface area (Å²) in [7, 11) is 1.72. The lowest BCUT2D eigenvalue weighted by Gasteiger charge is -2.24. The first-order chi connectivity index (χ1) is 9.10. The van der Waals surface area contributed by atoms with Crippen LogP contribution in [0.5, 0.6) is 0 Å². The van der Waals surface area contributed by atoms with Crippen molar-refractivity contribution < 1.29 is 4.74 Å². The van der Waals surface area contributed by atoms with Gasteiger partial charge in [-0.25, -0.2) is 4.98 Å². The van der Waals surface area contributed by atoms with Crippen LogP contribution >= 0.6 is 0 Å². The smallest absolute Gasteiger partial charge is 0.203 e. The molecule has 5 nitrogen and oxygen atoms in total. The van der Waals surface area contributed by atoms with Crippen molar-refractivity contribution in [3.8, 4) is 0 Å². The standard InChI is InChI=1S/C14H28N4O/c1-6-17(7-2)10-12(3)15-14-16-13(4)11-18(14)8-9-19-5/h11-12H,6-10H2,1-5H3,(H,15,16). The minimum absolute atomic E-state index is 0.378. The van der Waals surface area contributed by atoms with Crippen molar-refractivity contribution in [3.05, 3.63) is 11.9 Å². The van der Waals surface area contributed by atoms with Crippen LogP contribution in [-0.2, 0) is 11.3 Å². The average molecular weight is 268 g/mol. The summed E-state index contributed by atoms with van der Waals surface area (Å²) < 4.78 is 7.25. The van der Waals surface area contributed by atoms with Crippen LogP contribution < -0.4 is 5.32 Å². The minimum Gasteiger partial charge on any atom is -0.383 e. The van der Waals surface area contributed by atoms with Crippen molar-refractivity contribution in [3.63, 3.8) is 0 Å². The lowest BCUT2D eigenvalue weighted by atomic mass is 10.3. The average Bonchev–Trinajstić information content (AvgIpc) is 2.73. The number of rotatable bonds is 9. The van der Waals surface area contributed by atoms with Crippen molar-refractivity contribution in [2.75, 3.05) is 38.7 Å². The molecule has 1 aromatic rings. The lowest BCUT2D eigenvalue weighted by Crippen LogP contribution is -2.35. The highest BCUT2D eigenvalue weighted by molar-refractivity contribution is 5.30. The first kappa shape index (κ1) is 16.0. The monoisotopic (exact) mass is 268 g/mol. The largest absolute Gasteiger partial charge is 0.383 e. The number of nitrogens with zero attached hydrogens (tertiary/aromatic N) is 3. The van der Waals surface area contributed by atoms with Crippen LogP contribution in [0.25, 0.3) is 0 Å². The summed E-state index contributed by atoms with van der Waals surface area (Å²) in [5.41, 5.74) is 1.04. The van der Waals surface area contributed by atoms with E-state index in [2.05, 4.69) is 46.7 Å². The minimum atomic E-state index is 0.378. The van der Waals surface area contributed by atoms with Crippen molar-refractivity contribution >= 4 is 5.95 Å². The summed E-state index contributed by atoms with van der Waals surface area (Å²) in [6, 6.07) is 0.378. The molecule has 0 bridgehead atoms. The Morgan fingerprint density at radius 1 is 1.42 bits per heavy atom. The van der Waals surface area contributed by atoms with Gasteiger partial charge in [-0.05, 0) is 26.9 Å². The van der Waals surface area contributed by atoms with E-state index >= 15 is 0 Å². The first-order valence-electron chi connectivity index (χ1n) is 7.12. The quantitative estimate of drug-likeness (QED) is 0.743. The summed E-state index contributed by atoms with van der Waals surface area (Å²) >= 11 is 0. The van der Waals surface area contributed by atoms with Gasteiger partial charge in [-0.2, -0.15) is 0 Å². The van der Waals surface area contributed by atoms with Crippen LogP contribution in [0.4, 0.5) is 5.95 Å². The molecule has 0 saturated carbocycles. The molecule has 0 fully saturated rings. The number of anilines is 1. The number of likely N-dealkylation sites (N-methyl/N-ethyl adjacent to an activating group) is 1. The fourth-order valence-corrected chi connectivity index (χ4v) is 2.16. The Labute approximate surface area is 117 Å². The molecule has 0 aliphatic rings. The zero-order valence-electron chi connectivity index (χ0n) is 12.9. The van der Waals surface area contributed by atoms with Crippen molar-refractivity contribution in [2.24, 2.45) is 0 Å². The third kappa shape index (κ3) is 5.20. The Morgan fingerprint density at radius 3 is 2.68 bits per heavy atom. The second-order valence-corrected chi connectivity index (χ2v) is 4.92. The molecule has 1 aromatic heterocycles. The van der Waals surface area contributed by atoms with Gasteiger partial charge in [0.1, 0.15) is 0 Å². The predicted molar refractivity (Wildman–Crippen MR) is 79.7 cm³/mol. The van der Waals surface area contributed by atoms with Gasteiger partial charge in [0.05, 0.1) is 12.3 Å². The van der Waals surface area contributed by atoms with Gasteiger partial charge in [-0.1, -0.05) is 13.8 Å². The van der Waals surface area contributed by atoms with Gasteiger partial charge in [0.2, 0.25) is 5.95 Å². The van der Waals surface area contributed by atoms with E-state index in [1.165, 1.54) is 0 Å². The molecule has 1 N–H and O–H groups in total. The zero-order chi connectivity index (χ0) is 14.3. The number of nitrogens with one attached hydrogen (secondary N) is 1. The van der Waals surface area contributed by atoms with Crippen LogP contribution in [0.15, 0.2) is 6.20 Å². The van der Waals surface area contributed by atoms with Gasteiger partial charge in [-0.15, -0.1) is 0 Å². The van der Waals surface area contributed by atoms with Crippen molar-refractivity contribution in [2.45, 2.75) is 40.3 Å². The number of ether oxygens (including phenoxy) is 1. The molecule has 110 valence electrons. The van der Waals surface area contributed by atoms with Crippen molar-refractivity contribution in [1.29, 1.82) is 0 Å². The molecule has 1 unspecified atom stereocenters. The highest BCUT2D eigenvalue weighted by Crippen LogP contribution is 2.10. The molecular formula is C14H28N4O. The normalized spacial score (nSPS) is 12.9. The Balaban J connectivity index is 2.59. The van der Waals surface area contributed by atoms with E-state index < -0.39 is 0 Å². The van der Waals surface area contributed by atoms with Crippen LogP contribution in [0.1, 0.15) is 26.5 Å². The molecule has 0 amide bonds. The highest BCUT2D eigenvalue weighted by Gasteiger charge is 2.11. The number of aryl methyl sites for hydroxylation is 1. The maximum atomic E-state index is 5.13. The van der Waals surface area contributed by atoms with E-state index in [-0.39, 0.29) is 0 Å². The van der Waals surface area contributed by atoms with Gasteiger partial charge < -0.3 is 19.5 Å². The summed E-state index contributed by atoms with van der Waals surface area (Å²) in [5.74, 6) is 0.939. The lowest BCUT2D eigenvalue weighted by molar-refractivity contribution is 0.187. The number of hydrogen-bond acceptors (Lipinski definition) is 4. The maximum absolute atomic E-state index is 5.13. The van der Waals surface area contributed by atoms with Crippen molar-refractivity contribution in [1.82, 2.24) is 14.5 Å². The third-order valence-corrected chi connectivity index (χ3v) is 3.24. The Hall–Kier alpha value is -1.07. The van der Waals surface area contributed by atoms with Crippen LogP contribution in [0, 0.1) is 6.92 Å². The van der Waals surface area contributed by atoms with E-state index in [9.17, 15) is 0 Å². The van der Waals surface area contributed by atoms with Crippen LogP contribution in [-0.4, -0.2) is 53.8 Å². The fourth-order valence-electron chi connectivity index (χ4n) is 2.16. The Morgan fingerprint density at radius 2 is 2.11 bits per heavy atom. The number of hydrogen-bond donors (Lipinski definition) is 1. The molecule has 0 aromatic carbocycles. The van der Waals surface area contributed by atoms with E-state index in [1.807, 2.05) is 6.92 Å². The Kier molecular flexibility index (Phi) is 6.87. The topological polar surface area (TPSA) is 42.3 Å². The summed E-state index contributed by atoms with van der Waals surface area (Å²) in [5, 5.41) is 3.49. The summed E-state index contributed by atoms with van der Waals surface area (Å²) in [6.07, 6.45) is 2.06. The van der Waals surface area contributed by atoms with Crippen LogP contribution in [0.3, 0.4) is 0 Å². The molecule has 0 saturated heterocycles. The molecule has 0 spiro atoms. The van der Waals surface area contributed by atoms with E-state index in [0.717, 1.165) is 37.8 Å². The van der Waals surface area contributed by atoms with E-state index in [0.29, 0.717) is 12.6 Å². The first-order valence-corrected chi connectivity index (χ1v) is 7.12. The summed E-state index contributed by atoms with van der Waals surface area (Å²) in [6.45, 7) is 13.3. The fraction of sp³-hybridized carbons (Fsp3) is 0.786. The third-order valence-electron chi connectivity index (χ3n) is 3.24. The molecule has 0 aliphatic heterocycles. The molecule has 0 radical (unpaired) electrons.